The van der Waals surface area contributed by atoms with Crippen LogP contribution in [0.2, 0.25) is 0 Å². The number of carbonyl (C=O) groups excluding carboxylic acids is 1. The van der Waals surface area contributed by atoms with Crippen molar-refractivity contribution < 1.29 is 24.5 Å². The van der Waals surface area contributed by atoms with Gasteiger partial charge in [0, 0.05) is 5.57 Å². The second kappa shape index (κ2) is 10.3. The fraction of sp³-hybridized carbons (Fsp3) is 0.758. The van der Waals surface area contributed by atoms with Crippen LogP contribution in [0, 0.1) is 45.8 Å². The van der Waals surface area contributed by atoms with E-state index in [1.807, 2.05) is 6.92 Å². The van der Waals surface area contributed by atoms with Gasteiger partial charge in [-0.1, -0.05) is 47.3 Å². The number of rotatable bonds is 7. The first-order chi connectivity index (χ1) is 17.7. The third-order valence-corrected chi connectivity index (χ3v) is 12.2. The van der Waals surface area contributed by atoms with Gasteiger partial charge in [0.1, 0.15) is 12.4 Å². The van der Waals surface area contributed by atoms with Crippen LogP contribution in [-0.4, -0.2) is 34.7 Å². The standard InChI is InChI=1S/C33H50O5/c1-19(2)38-27-17-33(8)25(28(27)23(30(36)37)11-9-10-20(3)18-34)16-26(35)29-31(6)14-12-21(4)22(5)24(31)13-15-32(29,33)7/h10,18,21-22,24-27,29,35H,1,9,11-17H2,2-8H3,(H,36,37)/b20-10+,28-23-/t21-,22+,24+,25+,26-,27?,29+,31+,32+,33+/m1/s1. The van der Waals surface area contributed by atoms with Crippen molar-refractivity contribution in [2.75, 3.05) is 0 Å². The lowest BCUT2D eigenvalue weighted by Gasteiger charge is -2.69. The molecule has 5 nitrogen and oxygen atoms in total. The van der Waals surface area contributed by atoms with Crippen molar-refractivity contribution >= 4 is 12.3 Å². The number of allylic oxidation sites excluding steroid dienone is 3. The van der Waals surface area contributed by atoms with Gasteiger partial charge >= 0.3 is 5.97 Å². The Bertz CT molecular complexity index is 1040. The quantitative estimate of drug-likeness (QED) is 0.210. The average molecular weight is 527 g/mol. The number of carboxylic acids is 1. The normalized spacial score (nSPS) is 45.9. The van der Waals surface area contributed by atoms with Crippen LogP contribution in [-0.2, 0) is 14.3 Å². The van der Waals surface area contributed by atoms with Gasteiger partial charge < -0.3 is 14.9 Å². The van der Waals surface area contributed by atoms with E-state index < -0.39 is 12.1 Å². The number of hydrogen-bond acceptors (Lipinski definition) is 4. The molecule has 0 radical (unpaired) electrons. The van der Waals surface area contributed by atoms with E-state index in [0.717, 1.165) is 37.5 Å². The largest absolute Gasteiger partial charge is 0.491 e. The third-order valence-electron chi connectivity index (χ3n) is 12.2. The molecule has 4 fully saturated rings. The van der Waals surface area contributed by atoms with Crippen LogP contribution in [0.5, 0.6) is 0 Å². The Morgan fingerprint density at radius 1 is 1.13 bits per heavy atom. The SMILES string of the molecule is C=C(C)OC1C[C@@]2(C)[C@@H](C[C@@H](O)[C@H]3[C@@]4(C)CC[C@@H](C)[C@H](C)[C@@H]4CC[C@@]32C)/C1=C(\CC/C=C(\C)C=O)C(=O)O. The van der Waals surface area contributed by atoms with Gasteiger partial charge in [0.05, 0.1) is 11.9 Å². The summed E-state index contributed by atoms with van der Waals surface area (Å²) >= 11 is 0. The van der Waals surface area contributed by atoms with Crippen LogP contribution in [0.3, 0.4) is 0 Å². The van der Waals surface area contributed by atoms with Crippen LogP contribution >= 0.6 is 0 Å². The van der Waals surface area contributed by atoms with Crippen LogP contribution in [0.1, 0.15) is 99.8 Å². The topological polar surface area (TPSA) is 83.8 Å². The highest BCUT2D eigenvalue weighted by molar-refractivity contribution is 5.88. The van der Waals surface area contributed by atoms with Crippen LogP contribution in [0.4, 0.5) is 0 Å². The Morgan fingerprint density at radius 2 is 1.82 bits per heavy atom. The maximum absolute atomic E-state index is 12.7. The Morgan fingerprint density at radius 3 is 2.42 bits per heavy atom. The zero-order chi connectivity index (χ0) is 28.2. The molecule has 4 rings (SSSR count). The molecule has 0 aromatic carbocycles. The summed E-state index contributed by atoms with van der Waals surface area (Å²) in [5.74, 6) is 1.75. The van der Waals surface area contributed by atoms with Crippen molar-refractivity contribution in [3.8, 4) is 0 Å². The summed E-state index contributed by atoms with van der Waals surface area (Å²) in [6.45, 7) is 19.6. The zero-order valence-corrected chi connectivity index (χ0v) is 24.7. The van der Waals surface area contributed by atoms with Crippen molar-refractivity contribution in [1.82, 2.24) is 0 Å². The van der Waals surface area contributed by atoms with Crippen molar-refractivity contribution in [3.63, 3.8) is 0 Å². The minimum absolute atomic E-state index is 0.0644. The van der Waals surface area contributed by atoms with Crippen LogP contribution in [0.15, 0.2) is 35.1 Å². The highest BCUT2D eigenvalue weighted by Crippen LogP contribution is 2.74. The number of aldehydes is 1. The van der Waals surface area contributed by atoms with Crippen LogP contribution in [0.25, 0.3) is 0 Å². The Kier molecular flexibility index (Phi) is 7.86. The molecule has 0 aromatic rings. The first-order valence-electron chi connectivity index (χ1n) is 14.8. The molecule has 0 aromatic heterocycles. The fourth-order valence-electron chi connectivity index (χ4n) is 10.0. The molecular weight excluding hydrogens is 476 g/mol. The molecule has 0 spiro atoms. The average Bonchev–Trinajstić information content (AvgIpc) is 3.10. The smallest absolute Gasteiger partial charge is 0.331 e. The molecule has 2 N–H and O–H groups in total. The van der Waals surface area contributed by atoms with E-state index in [0.29, 0.717) is 53.9 Å². The second-order valence-corrected chi connectivity index (χ2v) is 14.1. The summed E-state index contributed by atoms with van der Waals surface area (Å²) in [4.78, 5) is 23.8. The first-order valence-corrected chi connectivity index (χ1v) is 14.8. The monoisotopic (exact) mass is 526 g/mol. The van der Waals surface area contributed by atoms with E-state index in [9.17, 15) is 19.8 Å². The number of ether oxygens (including phenoxy) is 1. The molecule has 38 heavy (non-hydrogen) atoms. The van der Waals surface area contributed by atoms with E-state index in [-0.39, 0.29) is 34.2 Å². The lowest BCUT2D eigenvalue weighted by molar-refractivity contribution is -0.229. The van der Waals surface area contributed by atoms with Crippen molar-refractivity contribution in [3.05, 3.63) is 35.1 Å². The highest BCUT2D eigenvalue weighted by Gasteiger charge is 2.70. The summed E-state index contributed by atoms with van der Waals surface area (Å²) in [5, 5.41) is 22.4. The number of fused-ring (bicyclic) bond motifs is 5. The fourth-order valence-corrected chi connectivity index (χ4v) is 10.0. The number of hydrogen-bond donors (Lipinski definition) is 2. The molecule has 0 heterocycles. The van der Waals surface area contributed by atoms with Gasteiger partial charge in [0.15, 0.2) is 0 Å². The number of aliphatic hydroxyl groups excluding tert-OH is 1. The lowest BCUT2D eigenvalue weighted by Crippen LogP contribution is -2.65. The summed E-state index contributed by atoms with van der Waals surface area (Å²) in [6.07, 6.45) is 8.49. The van der Waals surface area contributed by atoms with Crippen molar-refractivity contribution in [1.29, 1.82) is 0 Å². The molecule has 0 aliphatic heterocycles. The predicted octanol–water partition coefficient (Wildman–Crippen LogP) is 7.11. The number of aliphatic hydroxyl groups is 1. The van der Waals surface area contributed by atoms with Gasteiger partial charge in [-0.3, -0.25) is 4.79 Å². The summed E-state index contributed by atoms with van der Waals surface area (Å²) in [6, 6.07) is 0. The van der Waals surface area contributed by atoms with Gasteiger partial charge in [-0.2, -0.15) is 0 Å². The maximum atomic E-state index is 12.7. The molecule has 0 amide bonds. The van der Waals surface area contributed by atoms with Gasteiger partial charge in [-0.15, -0.1) is 0 Å². The molecular formula is C33H50O5. The van der Waals surface area contributed by atoms with E-state index >= 15 is 0 Å². The van der Waals surface area contributed by atoms with E-state index in [4.69, 9.17) is 4.74 Å². The summed E-state index contributed by atoms with van der Waals surface area (Å²) < 4.78 is 6.31. The molecule has 4 saturated carbocycles. The predicted molar refractivity (Wildman–Crippen MR) is 150 cm³/mol. The molecule has 0 saturated heterocycles. The van der Waals surface area contributed by atoms with Crippen molar-refractivity contribution in [2.45, 2.75) is 112 Å². The minimum Gasteiger partial charge on any atom is -0.491 e. The van der Waals surface area contributed by atoms with Gasteiger partial charge in [0.25, 0.3) is 0 Å². The summed E-state index contributed by atoms with van der Waals surface area (Å²) in [7, 11) is 0. The van der Waals surface area contributed by atoms with E-state index in [2.05, 4.69) is 41.2 Å². The van der Waals surface area contributed by atoms with Gasteiger partial charge in [0.2, 0.25) is 0 Å². The number of carbonyl (C=O) groups is 2. The molecule has 0 bridgehead atoms. The Labute approximate surface area is 229 Å². The van der Waals surface area contributed by atoms with Crippen LogP contribution < -0.4 is 0 Å². The minimum atomic E-state index is -0.927. The Hall–Kier alpha value is -1.88. The number of carboxylic acid groups (broad SMARTS) is 1. The molecule has 4 aliphatic carbocycles. The van der Waals surface area contributed by atoms with Gasteiger partial charge in [-0.05, 0) is 122 Å². The number of aliphatic carboxylic acids is 1. The molecule has 4 aliphatic rings. The lowest BCUT2D eigenvalue weighted by atomic mass is 9.36. The molecule has 10 atom stereocenters. The zero-order valence-electron chi connectivity index (χ0n) is 24.7. The van der Waals surface area contributed by atoms with E-state index in [1.165, 1.54) is 6.42 Å². The van der Waals surface area contributed by atoms with Crippen molar-refractivity contribution in [2.24, 2.45) is 45.8 Å². The second-order valence-electron chi connectivity index (χ2n) is 14.1. The molecule has 5 heteroatoms. The molecule has 212 valence electrons. The highest BCUT2D eigenvalue weighted by atomic mass is 16.5. The van der Waals surface area contributed by atoms with E-state index in [1.54, 1.807) is 13.0 Å². The Balaban J connectivity index is 1.81. The molecule has 1 unspecified atom stereocenters. The first kappa shape index (κ1) is 29.1. The summed E-state index contributed by atoms with van der Waals surface area (Å²) in [5.41, 5.74) is 1.59. The maximum Gasteiger partial charge on any atom is 0.331 e. The van der Waals surface area contributed by atoms with Gasteiger partial charge in [-0.25, -0.2) is 4.79 Å². The third kappa shape index (κ3) is 4.41.